The topological polar surface area (TPSA) is 18.5 Å². The molecule has 0 saturated heterocycles. The molecule has 1 aromatic rings. The summed E-state index contributed by atoms with van der Waals surface area (Å²) in [7, 11) is 1.53. The van der Waals surface area contributed by atoms with Crippen molar-refractivity contribution >= 4 is 0 Å². The van der Waals surface area contributed by atoms with Gasteiger partial charge in [-0.2, -0.15) is 0 Å². The van der Waals surface area contributed by atoms with Crippen molar-refractivity contribution in [2.45, 2.75) is 102 Å². The SMILES string of the molecule is CCC1CCC(c2ccc(C3CCC(COC4C=C(F)C(OC)CC4)CC3)c(F)c2F)CC1. The summed E-state index contributed by atoms with van der Waals surface area (Å²) in [5, 5.41) is 0. The van der Waals surface area contributed by atoms with E-state index in [2.05, 4.69) is 6.92 Å². The van der Waals surface area contributed by atoms with Crippen LogP contribution in [0.2, 0.25) is 0 Å². The zero-order valence-electron chi connectivity index (χ0n) is 20.1. The molecule has 2 atom stereocenters. The van der Waals surface area contributed by atoms with Gasteiger partial charge in [-0.3, -0.25) is 0 Å². The number of hydrogen-bond acceptors (Lipinski definition) is 2. The van der Waals surface area contributed by atoms with Crippen LogP contribution in [0, 0.1) is 23.5 Å². The number of rotatable bonds is 7. The van der Waals surface area contributed by atoms with Crippen molar-refractivity contribution in [3.8, 4) is 0 Å². The summed E-state index contributed by atoms with van der Waals surface area (Å²) in [6, 6.07) is 3.71. The monoisotopic (exact) mass is 464 g/mol. The molecule has 2 fully saturated rings. The highest BCUT2D eigenvalue weighted by Crippen LogP contribution is 2.42. The molecule has 1 aromatic carbocycles. The van der Waals surface area contributed by atoms with Gasteiger partial charge in [-0.25, -0.2) is 13.2 Å². The predicted octanol–water partition coefficient (Wildman–Crippen LogP) is 7.97. The fraction of sp³-hybridized carbons (Fsp3) is 0.714. The maximum atomic E-state index is 15.1. The van der Waals surface area contributed by atoms with E-state index in [-0.39, 0.29) is 23.8 Å². The average Bonchev–Trinajstić information content (AvgIpc) is 2.85. The van der Waals surface area contributed by atoms with Gasteiger partial charge in [0, 0.05) is 7.11 Å². The Morgan fingerprint density at radius 3 is 1.79 bits per heavy atom. The fourth-order valence-electron chi connectivity index (χ4n) is 6.18. The molecule has 0 aliphatic heterocycles. The molecule has 0 aromatic heterocycles. The van der Waals surface area contributed by atoms with Gasteiger partial charge in [-0.05, 0) is 105 Å². The third-order valence-electron chi connectivity index (χ3n) is 8.49. The van der Waals surface area contributed by atoms with Crippen LogP contribution in [0.25, 0.3) is 0 Å². The van der Waals surface area contributed by atoms with E-state index >= 15 is 8.78 Å². The lowest BCUT2D eigenvalue weighted by Gasteiger charge is -2.31. The zero-order chi connectivity index (χ0) is 23.4. The van der Waals surface area contributed by atoms with E-state index in [9.17, 15) is 4.39 Å². The largest absolute Gasteiger partial charge is 0.374 e. The third-order valence-corrected chi connectivity index (χ3v) is 8.49. The zero-order valence-corrected chi connectivity index (χ0v) is 20.1. The smallest absolute Gasteiger partial charge is 0.162 e. The highest BCUT2D eigenvalue weighted by atomic mass is 19.2. The van der Waals surface area contributed by atoms with Gasteiger partial charge in [0.1, 0.15) is 11.9 Å². The molecule has 3 aliphatic rings. The van der Waals surface area contributed by atoms with E-state index in [0.717, 1.165) is 63.7 Å². The Morgan fingerprint density at radius 1 is 0.758 bits per heavy atom. The van der Waals surface area contributed by atoms with Crippen molar-refractivity contribution in [3.63, 3.8) is 0 Å². The van der Waals surface area contributed by atoms with Gasteiger partial charge in [-0.1, -0.05) is 25.5 Å². The van der Waals surface area contributed by atoms with Gasteiger partial charge in [0.15, 0.2) is 11.6 Å². The van der Waals surface area contributed by atoms with Crippen LogP contribution < -0.4 is 0 Å². The lowest BCUT2D eigenvalue weighted by atomic mass is 9.76. The summed E-state index contributed by atoms with van der Waals surface area (Å²) in [6.07, 6.45) is 11.2. The van der Waals surface area contributed by atoms with Crippen LogP contribution in [0.15, 0.2) is 24.0 Å². The Kier molecular flexibility index (Phi) is 8.56. The van der Waals surface area contributed by atoms with E-state index in [0.29, 0.717) is 30.1 Å². The first-order valence-corrected chi connectivity index (χ1v) is 13.0. The minimum atomic E-state index is -0.625. The highest BCUT2D eigenvalue weighted by molar-refractivity contribution is 5.32. The van der Waals surface area contributed by atoms with E-state index in [4.69, 9.17) is 9.47 Å². The molecule has 0 heterocycles. The molecule has 184 valence electrons. The summed E-state index contributed by atoms with van der Waals surface area (Å²) in [5.74, 6) is -0.130. The molecule has 0 radical (unpaired) electrons. The molecule has 0 spiro atoms. The highest BCUT2D eigenvalue weighted by Gasteiger charge is 2.30. The Morgan fingerprint density at radius 2 is 1.30 bits per heavy atom. The number of hydrogen-bond donors (Lipinski definition) is 0. The molecule has 5 heteroatoms. The van der Waals surface area contributed by atoms with Crippen LogP contribution in [0.5, 0.6) is 0 Å². The summed E-state index contributed by atoms with van der Waals surface area (Å²) >= 11 is 0. The Labute approximate surface area is 196 Å². The van der Waals surface area contributed by atoms with Crippen LogP contribution >= 0.6 is 0 Å². The maximum absolute atomic E-state index is 15.1. The summed E-state index contributed by atoms with van der Waals surface area (Å²) in [6.45, 7) is 2.81. The fourth-order valence-corrected chi connectivity index (χ4v) is 6.18. The molecule has 2 unspecified atom stereocenters. The van der Waals surface area contributed by atoms with Gasteiger partial charge >= 0.3 is 0 Å². The van der Waals surface area contributed by atoms with Gasteiger partial charge in [0.2, 0.25) is 0 Å². The number of halogens is 3. The molecule has 3 aliphatic carbocycles. The second-order valence-corrected chi connectivity index (χ2v) is 10.4. The second kappa shape index (κ2) is 11.4. The number of methoxy groups -OCH3 is 1. The second-order valence-electron chi connectivity index (χ2n) is 10.4. The first-order valence-electron chi connectivity index (χ1n) is 13.0. The Balaban J connectivity index is 1.29. The number of benzene rings is 1. The summed E-state index contributed by atoms with van der Waals surface area (Å²) in [4.78, 5) is 0. The first-order chi connectivity index (χ1) is 16.0. The van der Waals surface area contributed by atoms with Gasteiger partial charge in [0.25, 0.3) is 0 Å². The van der Waals surface area contributed by atoms with Crippen LogP contribution in [0.4, 0.5) is 13.2 Å². The number of ether oxygens (including phenoxy) is 2. The normalized spacial score (nSPS) is 33.1. The lowest BCUT2D eigenvalue weighted by Crippen LogP contribution is -2.26. The Hall–Kier alpha value is -1.33. The van der Waals surface area contributed by atoms with E-state index in [1.807, 2.05) is 12.1 Å². The molecule has 4 rings (SSSR count). The van der Waals surface area contributed by atoms with Crippen molar-refractivity contribution < 1.29 is 22.6 Å². The molecule has 33 heavy (non-hydrogen) atoms. The van der Waals surface area contributed by atoms with E-state index in [1.54, 1.807) is 0 Å². The van der Waals surface area contributed by atoms with Crippen LogP contribution in [-0.4, -0.2) is 25.9 Å². The average molecular weight is 465 g/mol. The van der Waals surface area contributed by atoms with Crippen molar-refractivity contribution in [3.05, 3.63) is 46.8 Å². The van der Waals surface area contributed by atoms with E-state index < -0.39 is 17.7 Å². The first kappa shape index (κ1) is 24.8. The van der Waals surface area contributed by atoms with Gasteiger partial charge < -0.3 is 9.47 Å². The van der Waals surface area contributed by atoms with Gasteiger partial charge in [0.05, 0.1) is 12.7 Å². The van der Waals surface area contributed by atoms with Gasteiger partial charge in [-0.15, -0.1) is 0 Å². The maximum Gasteiger partial charge on any atom is 0.162 e. The quantitative estimate of drug-likeness (QED) is 0.407. The summed E-state index contributed by atoms with van der Waals surface area (Å²) in [5.41, 5.74) is 1.12. The molecular formula is C28H39F3O2. The van der Waals surface area contributed by atoms with Crippen molar-refractivity contribution in [1.29, 1.82) is 0 Å². The molecule has 2 saturated carbocycles. The molecule has 0 amide bonds. The van der Waals surface area contributed by atoms with Crippen molar-refractivity contribution in [2.24, 2.45) is 11.8 Å². The standard InChI is InChI=1S/C28H39F3O2/c1-3-18-4-8-20(9-5-18)23-13-14-24(28(31)27(23)30)21-10-6-19(7-11-21)17-33-22-12-15-26(32-2)25(29)16-22/h13-14,16,18-22,26H,3-12,15,17H2,1-2H3. The minimum absolute atomic E-state index is 0.0649. The summed E-state index contributed by atoms with van der Waals surface area (Å²) < 4.78 is 55.1. The minimum Gasteiger partial charge on any atom is -0.374 e. The molecule has 2 nitrogen and oxygen atoms in total. The van der Waals surface area contributed by atoms with Crippen LogP contribution in [-0.2, 0) is 9.47 Å². The molecule has 0 N–H and O–H groups in total. The molecular weight excluding hydrogens is 425 g/mol. The van der Waals surface area contributed by atoms with Crippen molar-refractivity contribution in [1.82, 2.24) is 0 Å². The van der Waals surface area contributed by atoms with Crippen molar-refractivity contribution in [2.75, 3.05) is 13.7 Å². The predicted molar refractivity (Wildman–Crippen MR) is 125 cm³/mol. The molecule has 0 bridgehead atoms. The lowest BCUT2D eigenvalue weighted by molar-refractivity contribution is 0.0145. The van der Waals surface area contributed by atoms with Crippen LogP contribution in [0.1, 0.15) is 101 Å². The van der Waals surface area contributed by atoms with Crippen LogP contribution in [0.3, 0.4) is 0 Å². The third kappa shape index (κ3) is 5.85. The van der Waals surface area contributed by atoms with E-state index in [1.165, 1.54) is 19.6 Å². The Bertz CT molecular complexity index is 808.